The van der Waals surface area contributed by atoms with E-state index in [0.717, 1.165) is 5.57 Å². The summed E-state index contributed by atoms with van der Waals surface area (Å²) in [6.45, 7) is 10.4. The Morgan fingerprint density at radius 1 is 1.32 bits per heavy atom. The highest BCUT2D eigenvalue weighted by Crippen LogP contribution is 2.22. The molecule has 5 nitrogen and oxygen atoms in total. The van der Waals surface area contributed by atoms with E-state index in [1.54, 1.807) is 18.7 Å². The molecule has 0 aromatic carbocycles. The predicted molar refractivity (Wildman–Crippen MR) is 71.8 cm³/mol. The lowest BCUT2D eigenvalue weighted by Crippen LogP contribution is -2.35. The van der Waals surface area contributed by atoms with Crippen LogP contribution in [0.3, 0.4) is 0 Å². The van der Waals surface area contributed by atoms with Gasteiger partial charge in [0.2, 0.25) is 0 Å². The van der Waals surface area contributed by atoms with Crippen molar-refractivity contribution in [1.82, 2.24) is 4.90 Å². The molecule has 0 aromatic heterocycles. The molecule has 0 aliphatic carbocycles. The molecule has 1 saturated heterocycles. The van der Waals surface area contributed by atoms with Crippen LogP contribution < -0.4 is 0 Å². The van der Waals surface area contributed by atoms with Crippen LogP contribution in [0.1, 0.15) is 41.0 Å². The minimum absolute atomic E-state index is 0.302. The first-order valence-electron chi connectivity index (χ1n) is 6.58. The average molecular weight is 269 g/mol. The fourth-order valence-electron chi connectivity index (χ4n) is 1.83. The van der Waals surface area contributed by atoms with Crippen molar-refractivity contribution in [2.75, 3.05) is 19.7 Å². The normalized spacial score (nSPS) is 18.3. The van der Waals surface area contributed by atoms with E-state index in [-0.39, 0.29) is 12.1 Å². The summed E-state index contributed by atoms with van der Waals surface area (Å²) in [4.78, 5) is 25.1. The lowest BCUT2D eigenvalue weighted by molar-refractivity contribution is -0.138. The van der Waals surface area contributed by atoms with Crippen molar-refractivity contribution in [3.05, 3.63) is 11.1 Å². The maximum Gasteiger partial charge on any atom is 0.410 e. The van der Waals surface area contributed by atoms with Gasteiger partial charge in [-0.1, -0.05) is 0 Å². The molecule has 0 saturated carbocycles. The van der Waals surface area contributed by atoms with Crippen molar-refractivity contribution >= 4 is 12.1 Å². The largest absolute Gasteiger partial charge is 0.463 e. The van der Waals surface area contributed by atoms with Crippen molar-refractivity contribution in [2.45, 2.75) is 46.6 Å². The molecule has 0 radical (unpaired) electrons. The number of nitrogens with zero attached hydrogens (tertiary/aromatic N) is 1. The van der Waals surface area contributed by atoms with Gasteiger partial charge in [0.25, 0.3) is 0 Å². The molecule has 1 amide bonds. The van der Waals surface area contributed by atoms with Crippen molar-refractivity contribution in [3.8, 4) is 0 Å². The van der Waals surface area contributed by atoms with Gasteiger partial charge in [-0.3, -0.25) is 0 Å². The van der Waals surface area contributed by atoms with E-state index in [9.17, 15) is 9.59 Å². The fraction of sp³-hybridized carbons (Fsp3) is 0.714. The molecule has 0 N–H and O–H groups in total. The molecular weight excluding hydrogens is 246 g/mol. The van der Waals surface area contributed by atoms with E-state index in [1.165, 1.54) is 0 Å². The van der Waals surface area contributed by atoms with E-state index in [0.29, 0.717) is 31.7 Å². The van der Waals surface area contributed by atoms with Crippen LogP contribution in [-0.2, 0) is 14.3 Å². The summed E-state index contributed by atoms with van der Waals surface area (Å²) in [5.74, 6) is -0.302. The van der Waals surface area contributed by atoms with Crippen LogP contribution in [0.15, 0.2) is 11.1 Å². The van der Waals surface area contributed by atoms with E-state index in [1.807, 2.05) is 20.8 Å². The lowest BCUT2D eigenvalue weighted by Gasteiger charge is -2.24. The number of hydrogen-bond donors (Lipinski definition) is 0. The summed E-state index contributed by atoms with van der Waals surface area (Å²) in [5, 5.41) is 0. The van der Waals surface area contributed by atoms with E-state index < -0.39 is 5.60 Å². The third kappa shape index (κ3) is 4.58. The number of hydrogen-bond acceptors (Lipinski definition) is 4. The number of carbonyl (C=O) groups is 2. The Morgan fingerprint density at radius 2 is 1.95 bits per heavy atom. The zero-order valence-electron chi connectivity index (χ0n) is 12.4. The Bertz CT molecular complexity index is 393. The summed E-state index contributed by atoms with van der Waals surface area (Å²) in [6.07, 6.45) is 0.364. The van der Waals surface area contributed by atoms with Gasteiger partial charge < -0.3 is 14.4 Å². The number of likely N-dealkylation sites (tertiary alicyclic amines) is 1. The topological polar surface area (TPSA) is 55.8 Å². The highest BCUT2D eigenvalue weighted by molar-refractivity contribution is 5.89. The van der Waals surface area contributed by atoms with Crippen LogP contribution in [-0.4, -0.2) is 42.3 Å². The van der Waals surface area contributed by atoms with Crippen molar-refractivity contribution in [1.29, 1.82) is 0 Å². The van der Waals surface area contributed by atoms with E-state index >= 15 is 0 Å². The van der Waals surface area contributed by atoms with Crippen LogP contribution in [0.2, 0.25) is 0 Å². The number of carbonyl (C=O) groups excluding carboxylic acids is 2. The van der Waals surface area contributed by atoms with Gasteiger partial charge in [-0.05, 0) is 46.6 Å². The van der Waals surface area contributed by atoms with Crippen LogP contribution >= 0.6 is 0 Å². The second-order valence-electron chi connectivity index (χ2n) is 5.60. The minimum Gasteiger partial charge on any atom is -0.463 e. The third-order valence-electron chi connectivity index (χ3n) is 2.83. The molecule has 0 aromatic rings. The van der Waals surface area contributed by atoms with E-state index in [2.05, 4.69) is 0 Å². The van der Waals surface area contributed by atoms with Crippen LogP contribution in [0.5, 0.6) is 0 Å². The summed E-state index contributed by atoms with van der Waals surface area (Å²) >= 11 is 0. The zero-order chi connectivity index (χ0) is 14.6. The Labute approximate surface area is 114 Å². The highest BCUT2D eigenvalue weighted by atomic mass is 16.6. The van der Waals surface area contributed by atoms with Crippen molar-refractivity contribution in [3.63, 3.8) is 0 Å². The molecule has 1 rings (SSSR count). The first-order valence-corrected chi connectivity index (χ1v) is 6.58. The monoisotopic (exact) mass is 269 g/mol. The highest BCUT2D eigenvalue weighted by Gasteiger charge is 2.28. The molecule has 108 valence electrons. The number of ether oxygens (including phenoxy) is 2. The molecule has 0 spiro atoms. The predicted octanol–water partition coefficient (Wildman–Crippen LogP) is 2.51. The summed E-state index contributed by atoms with van der Waals surface area (Å²) in [5.41, 5.74) is 1.05. The Kier molecular flexibility index (Phi) is 4.97. The number of rotatable bonds is 2. The minimum atomic E-state index is -0.500. The quantitative estimate of drug-likeness (QED) is 0.571. The molecule has 1 aliphatic heterocycles. The molecule has 0 unspecified atom stereocenters. The number of amides is 1. The zero-order valence-corrected chi connectivity index (χ0v) is 12.4. The fourth-order valence-corrected chi connectivity index (χ4v) is 1.83. The second-order valence-corrected chi connectivity index (χ2v) is 5.60. The lowest BCUT2D eigenvalue weighted by atomic mass is 10.1. The van der Waals surface area contributed by atoms with Gasteiger partial charge in [0.05, 0.1) is 6.61 Å². The van der Waals surface area contributed by atoms with Crippen LogP contribution in [0.4, 0.5) is 4.79 Å². The first kappa shape index (κ1) is 15.5. The standard InChI is InChI=1S/C14H23NO4/c1-6-18-12(16)10(2)11-7-8-15(9-11)13(17)19-14(3,4)5/h6-9H2,1-5H3/b11-10+. The van der Waals surface area contributed by atoms with Gasteiger partial charge in [0.1, 0.15) is 5.60 Å². The maximum atomic E-state index is 11.9. The molecule has 1 fully saturated rings. The van der Waals surface area contributed by atoms with Gasteiger partial charge in [-0.2, -0.15) is 0 Å². The molecule has 0 atom stereocenters. The molecule has 1 heterocycles. The van der Waals surface area contributed by atoms with Crippen LogP contribution in [0, 0.1) is 0 Å². The van der Waals surface area contributed by atoms with Crippen LogP contribution in [0.25, 0.3) is 0 Å². The third-order valence-corrected chi connectivity index (χ3v) is 2.83. The van der Waals surface area contributed by atoms with Gasteiger partial charge in [-0.15, -0.1) is 0 Å². The van der Waals surface area contributed by atoms with Crippen molar-refractivity contribution in [2.24, 2.45) is 0 Å². The molecule has 5 heteroatoms. The number of esters is 1. The molecule has 1 aliphatic rings. The summed E-state index contributed by atoms with van der Waals surface area (Å²) in [6, 6.07) is 0. The van der Waals surface area contributed by atoms with Gasteiger partial charge in [-0.25, -0.2) is 9.59 Å². The Hall–Kier alpha value is -1.52. The van der Waals surface area contributed by atoms with Gasteiger partial charge >= 0.3 is 12.1 Å². The molecule has 0 bridgehead atoms. The molecule has 19 heavy (non-hydrogen) atoms. The summed E-state index contributed by atoms with van der Waals surface area (Å²) < 4.78 is 10.3. The smallest absolute Gasteiger partial charge is 0.410 e. The van der Waals surface area contributed by atoms with E-state index in [4.69, 9.17) is 9.47 Å². The maximum absolute atomic E-state index is 11.9. The van der Waals surface area contributed by atoms with Crippen molar-refractivity contribution < 1.29 is 19.1 Å². The SMILES string of the molecule is CCOC(=O)/C(C)=C1\CCN(C(=O)OC(C)(C)C)C1. The molecular formula is C14H23NO4. The average Bonchev–Trinajstić information content (AvgIpc) is 2.75. The van der Waals surface area contributed by atoms with Gasteiger partial charge in [0, 0.05) is 18.7 Å². The van der Waals surface area contributed by atoms with Gasteiger partial charge in [0.15, 0.2) is 0 Å². The first-order chi connectivity index (χ1) is 8.74. The Morgan fingerprint density at radius 3 is 2.47 bits per heavy atom. The second kappa shape index (κ2) is 6.08. The Balaban J connectivity index is 2.65. The summed E-state index contributed by atoms with van der Waals surface area (Å²) in [7, 11) is 0.